The van der Waals surface area contributed by atoms with E-state index in [4.69, 9.17) is 4.74 Å². The van der Waals surface area contributed by atoms with E-state index in [1.54, 1.807) is 9.80 Å². The summed E-state index contributed by atoms with van der Waals surface area (Å²) in [5, 5.41) is 2.72. The van der Waals surface area contributed by atoms with Crippen molar-refractivity contribution in [2.75, 3.05) is 18.4 Å². The second-order valence-corrected chi connectivity index (χ2v) is 9.32. The number of hydrogen-bond donors (Lipinski definition) is 1. The van der Waals surface area contributed by atoms with Gasteiger partial charge in [0.2, 0.25) is 0 Å². The number of halogens is 3. The Bertz CT molecular complexity index is 965. The fourth-order valence-electron chi connectivity index (χ4n) is 3.77. The summed E-state index contributed by atoms with van der Waals surface area (Å²) in [4.78, 5) is 28.9. The second kappa shape index (κ2) is 10.4. The Labute approximate surface area is 197 Å². The van der Waals surface area contributed by atoms with Gasteiger partial charge in [-0.25, -0.2) is 9.59 Å². The van der Waals surface area contributed by atoms with Crippen LogP contribution in [-0.2, 0) is 17.5 Å². The Kier molecular flexibility index (Phi) is 7.74. The van der Waals surface area contributed by atoms with E-state index in [2.05, 4.69) is 5.32 Å². The summed E-state index contributed by atoms with van der Waals surface area (Å²) in [5.74, 6) is 0. The van der Waals surface area contributed by atoms with Gasteiger partial charge in [0.25, 0.3) is 0 Å². The molecule has 184 valence electrons. The molecule has 0 unspecified atom stereocenters. The molecule has 0 radical (unpaired) electrons. The lowest BCUT2D eigenvalue weighted by Gasteiger charge is -2.39. The van der Waals surface area contributed by atoms with Gasteiger partial charge in [0.05, 0.1) is 5.56 Å². The number of rotatable bonds is 4. The van der Waals surface area contributed by atoms with Gasteiger partial charge in [-0.3, -0.25) is 0 Å². The van der Waals surface area contributed by atoms with Crippen LogP contribution < -0.4 is 5.32 Å². The number of hydrogen-bond acceptors (Lipinski definition) is 3. The van der Waals surface area contributed by atoms with E-state index >= 15 is 0 Å². The predicted octanol–water partition coefficient (Wildman–Crippen LogP) is 6.14. The maximum absolute atomic E-state index is 13.2. The maximum Gasteiger partial charge on any atom is 0.416 e. The molecule has 1 aliphatic heterocycles. The molecule has 1 fully saturated rings. The average Bonchev–Trinajstić information content (AvgIpc) is 2.77. The number of nitrogens with zero attached hydrogens (tertiary/aromatic N) is 2. The third kappa shape index (κ3) is 7.13. The smallest absolute Gasteiger partial charge is 0.416 e. The zero-order valence-corrected chi connectivity index (χ0v) is 19.6. The molecule has 1 saturated heterocycles. The third-order valence-corrected chi connectivity index (χ3v) is 5.48. The molecule has 34 heavy (non-hydrogen) atoms. The molecule has 0 spiro atoms. The quantitative estimate of drug-likeness (QED) is 0.576. The summed E-state index contributed by atoms with van der Waals surface area (Å²) < 4.78 is 44.0. The summed E-state index contributed by atoms with van der Waals surface area (Å²) in [5.41, 5.74) is -0.155. The van der Waals surface area contributed by atoms with Gasteiger partial charge in [-0.15, -0.1) is 0 Å². The van der Waals surface area contributed by atoms with E-state index in [0.717, 1.165) is 17.7 Å². The minimum absolute atomic E-state index is 0.145. The van der Waals surface area contributed by atoms with Crippen LogP contribution in [0.1, 0.15) is 44.7 Å². The molecular weight excluding hydrogens is 447 g/mol. The molecule has 0 bridgehead atoms. The van der Waals surface area contributed by atoms with Crippen molar-refractivity contribution in [3.63, 3.8) is 0 Å². The minimum atomic E-state index is -4.44. The van der Waals surface area contributed by atoms with E-state index in [-0.39, 0.29) is 17.8 Å². The zero-order valence-electron chi connectivity index (χ0n) is 19.6. The average molecular weight is 478 g/mol. The van der Waals surface area contributed by atoms with Gasteiger partial charge in [-0.05, 0) is 63.4 Å². The Morgan fingerprint density at radius 2 is 1.59 bits per heavy atom. The summed E-state index contributed by atoms with van der Waals surface area (Å²) in [7, 11) is 0. The second-order valence-electron chi connectivity index (χ2n) is 9.32. The first kappa shape index (κ1) is 25.4. The van der Waals surface area contributed by atoms with Crippen LogP contribution in [-0.4, -0.2) is 46.7 Å². The van der Waals surface area contributed by atoms with Crippen molar-refractivity contribution in [1.29, 1.82) is 0 Å². The van der Waals surface area contributed by atoms with Crippen molar-refractivity contribution in [2.45, 2.75) is 58.0 Å². The molecule has 2 aromatic rings. The first-order chi connectivity index (χ1) is 15.9. The van der Waals surface area contributed by atoms with Crippen molar-refractivity contribution in [1.82, 2.24) is 9.80 Å². The number of benzene rings is 2. The lowest BCUT2D eigenvalue weighted by molar-refractivity contribution is -0.137. The number of nitrogens with one attached hydrogen (secondary N) is 1. The van der Waals surface area contributed by atoms with Crippen LogP contribution in [0.25, 0.3) is 0 Å². The van der Waals surface area contributed by atoms with Gasteiger partial charge in [0, 0.05) is 31.4 Å². The van der Waals surface area contributed by atoms with Crippen molar-refractivity contribution < 1.29 is 27.5 Å². The number of carbonyl (C=O) groups is 2. The van der Waals surface area contributed by atoms with Crippen LogP contribution in [0.3, 0.4) is 0 Å². The number of likely N-dealkylation sites (tertiary alicyclic amines) is 1. The highest BCUT2D eigenvalue weighted by Crippen LogP contribution is 2.30. The standard InChI is InChI=1S/C25H30F3N3O3/c1-24(2,3)34-23(33)30-15-13-21(14-16-30)31(17-18-7-5-4-6-8-18)22(32)29-20-11-9-19(10-12-20)25(26,27)28/h4-12,21H,13-17H2,1-3H3,(H,29,32). The number of ether oxygens (including phenoxy) is 1. The number of piperidine rings is 1. The monoisotopic (exact) mass is 477 g/mol. The molecule has 0 aliphatic carbocycles. The van der Waals surface area contributed by atoms with Crippen LogP contribution in [0, 0.1) is 0 Å². The highest BCUT2D eigenvalue weighted by molar-refractivity contribution is 5.89. The van der Waals surface area contributed by atoms with E-state index in [9.17, 15) is 22.8 Å². The molecule has 0 aromatic heterocycles. The lowest BCUT2D eigenvalue weighted by Crippen LogP contribution is -2.50. The van der Waals surface area contributed by atoms with E-state index in [1.807, 2.05) is 51.1 Å². The summed E-state index contributed by atoms with van der Waals surface area (Å²) in [6.07, 6.45) is -3.70. The summed E-state index contributed by atoms with van der Waals surface area (Å²) in [6.45, 7) is 6.65. The fraction of sp³-hybridized carbons (Fsp3) is 0.440. The number of amides is 3. The Morgan fingerprint density at radius 3 is 2.12 bits per heavy atom. The molecule has 2 aromatic carbocycles. The van der Waals surface area contributed by atoms with E-state index in [0.29, 0.717) is 32.5 Å². The van der Waals surface area contributed by atoms with Crippen molar-refractivity contribution in [3.8, 4) is 0 Å². The van der Waals surface area contributed by atoms with E-state index < -0.39 is 23.4 Å². The third-order valence-electron chi connectivity index (χ3n) is 5.48. The molecule has 3 amide bonds. The van der Waals surface area contributed by atoms with Gasteiger partial charge >= 0.3 is 18.3 Å². The number of anilines is 1. The van der Waals surface area contributed by atoms with Gasteiger partial charge in [-0.1, -0.05) is 30.3 Å². The molecule has 9 heteroatoms. The number of carbonyl (C=O) groups excluding carboxylic acids is 2. The largest absolute Gasteiger partial charge is 0.444 e. The SMILES string of the molecule is CC(C)(C)OC(=O)N1CCC(N(Cc2ccccc2)C(=O)Nc2ccc(C(F)(F)F)cc2)CC1. The van der Waals surface area contributed by atoms with Gasteiger partial charge < -0.3 is 19.9 Å². The minimum Gasteiger partial charge on any atom is -0.444 e. The van der Waals surface area contributed by atoms with Gasteiger partial charge in [0.1, 0.15) is 5.60 Å². The Morgan fingerprint density at radius 1 is 1.00 bits per heavy atom. The fourth-order valence-corrected chi connectivity index (χ4v) is 3.77. The first-order valence-electron chi connectivity index (χ1n) is 11.2. The molecular formula is C25H30F3N3O3. The molecule has 1 aliphatic rings. The zero-order chi connectivity index (χ0) is 24.9. The topological polar surface area (TPSA) is 61.9 Å². The Balaban J connectivity index is 1.70. The molecule has 6 nitrogen and oxygen atoms in total. The number of urea groups is 1. The highest BCUT2D eigenvalue weighted by atomic mass is 19.4. The summed E-state index contributed by atoms with van der Waals surface area (Å²) >= 11 is 0. The van der Waals surface area contributed by atoms with Crippen LogP contribution in [0.15, 0.2) is 54.6 Å². The molecule has 3 rings (SSSR count). The highest BCUT2D eigenvalue weighted by Gasteiger charge is 2.32. The van der Waals surface area contributed by atoms with Gasteiger partial charge in [-0.2, -0.15) is 13.2 Å². The maximum atomic E-state index is 13.2. The van der Waals surface area contributed by atoms with E-state index in [1.165, 1.54) is 12.1 Å². The van der Waals surface area contributed by atoms with Crippen molar-refractivity contribution in [2.24, 2.45) is 0 Å². The van der Waals surface area contributed by atoms with Crippen LogP contribution >= 0.6 is 0 Å². The van der Waals surface area contributed by atoms with Crippen molar-refractivity contribution in [3.05, 3.63) is 65.7 Å². The van der Waals surface area contributed by atoms with Crippen LogP contribution in [0.5, 0.6) is 0 Å². The van der Waals surface area contributed by atoms with Crippen LogP contribution in [0.4, 0.5) is 28.4 Å². The normalized spacial score (nSPS) is 15.1. The first-order valence-corrected chi connectivity index (χ1v) is 11.2. The van der Waals surface area contributed by atoms with Crippen molar-refractivity contribution >= 4 is 17.8 Å². The Hall–Kier alpha value is -3.23. The summed E-state index contributed by atoms with van der Waals surface area (Å²) in [6, 6.07) is 13.3. The number of alkyl halides is 3. The molecule has 1 heterocycles. The molecule has 0 saturated carbocycles. The lowest BCUT2D eigenvalue weighted by atomic mass is 10.0. The predicted molar refractivity (Wildman–Crippen MR) is 123 cm³/mol. The molecule has 1 N–H and O–H groups in total. The van der Waals surface area contributed by atoms with Crippen LogP contribution in [0.2, 0.25) is 0 Å². The molecule has 0 atom stereocenters. The van der Waals surface area contributed by atoms with Gasteiger partial charge in [0.15, 0.2) is 0 Å².